The molecule has 1 heterocycles. The van der Waals surface area contributed by atoms with Crippen molar-refractivity contribution in [2.45, 2.75) is 33.7 Å². The molecule has 0 radical (unpaired) electrons. The summed E-state index contributed by atoms with van der Waals surface area (Å²) in [4.78, 5) is 12.0. The Morgan fingerprint density at radius 2 is 1.88 bits per heavy atom. The second-order valence-electron chi connectivity index (χ2n) is 4.58. The zero-order valence-corrected chi connectivity index (χ0v) is 10.6. The predicted molar refractivity (Wildman–Crippen MR) is 68.6 cm³/mol. The summed E-state index contributed by atoms with van der Waals surface area (Å²) in [5.74, 6) is 0.117. The number of aryl methyl sites for hydroxylation is 1. The third-order valence-corrected chi connectivity index (χ3v) is 3.20. The summed E-state index contributed by atoms with van der Waals surface area (Å²) in [7, 11) is 0. The van der Waals surface area contributed by atoms with Crippen LogP contribution < -0.4 is 0 Å². The molecule has 1 aromatic carbocycles. The van der Waals surface area contributed by atoms with E-state index < -0.39 is 0 Å². The standard InChI is InChI=1S/C14H18N2O/c1-4-13-11(3)15-16(14(13)17)9-12-7-5-10(2)6-8-12/h5-8,13H,4,9H2,1-3H3. The van der Waals surface area contributed by atoms with Crippen LogP contribution in [0.15, 0.2) is 29.4 Å². The van der Waals surface area contributed by atoms with Crippen molar-refractivity contribution in [1.29, 1.82) is 0 Å². The predicted octanol–water partition coefficient (Wildman–Crippen LogP) is 2.74. The van der Waals surface area contributed by atoms with Crippen molar-refractivity contribution in [3.05, 3.63) is 35.4 Å². The molecule has 0 saturated heterocycles. The molecular weight excluding hydrogens is 212 g/mol. The molecule has 1 unspecified atom stereocenters. The highest BCUT2D eigenvalue weighted by Crippen LogP contribution is 2.20. The fraction of sp³-hybridized carbons (Fsp3) is 0.429. The first-order valence-electron chi connectivity index (χ1n) is 6.04. The summed E-state index contributed by atoms with van der Waals surface area (Å²) in [6.45, 7) is 6.59. The maximum atomic E-state index is 12.0. The molecular formula is C14H18N2O. The fourth-order valence-corrected chi connectivity index (χ4v) is 2.12. The Bertz CT molecular complexity index is 448. The molecule has 1 aromatic rings. The van der Waals surface area contributed by atoms with E-state index in [9.17, 15) is 4.79 Å². The van der Waals surface area contributed by atoms with Gasteiger partial charge in [-0.1, -0.05) is 36.8 Å². The fourth-order valence-electron chi connectivity index (χ4n) is 2.12. The minimum Gasteiger partial charge on any atom is -0.272 e. The number of hydrazone groups is 1. The number of amides is 1. The van der Waals surface area contributed by atoms with E-state index in [1.54, 1.807) is 5.01 Å². The summed E-state index contributed by atoms with van der Waals surface area (Å²) in [6, 6.07) is 8.22. The molecule has 17 heavy (non-hydrogen) atoms. The molecule has 0 N–H and O–H groups in total. The molecule has 3 nitrogen and oxygen atoms in total. The van der Waals surface area contributed by atoms with Gasteiger partial charge in [-0.05, 0) is 25.8 Å². The molecule has 0 aliphatic carbocycles. The van der Waals surface area contributed by atoms with E-state index in [2.05, 4.69) is 24.2 Å². The average molecular weight is 230 g/mol. The Kier molecular flexibility index (Phi) is 3.27. The smallest absolute Gasteiger partial charge is 0.251 e. The first-order chi connectivity index (χ1) is 8.11. The van der Waals surface area contributed by atoms with Crippen LogP contribution in [-0.2, 0) is 11.3 Å². The lowest BCUT2D eigenvalue weighted by atomic mass is 10.0. The number of carbonyl (C=O) groups excluding carboxylic acids is 1. The van der Waals surface area contributed by atoms with Gasteiger partial charge in [-0.2, -0.15) is 5.10 Å². The van der Waals surface area contributed by atoms with Gasteiger partial charge in [0.25, 0.3) is 5.91 Å². The van der Waals surface area contributed by atoms with Crippen LogP contribution >= 0.6 is 0 Å². The highest BCUT2D eigenvalue weighted by Gasteiger charge is 2.31. The van der Waals surface area contributed by atoms with Crippen molar-refractivity contribution < 1.29 is 4.79 Å². The Balaban J connectivity index is 2.10. The van der Waals surface area contributed by atoms with Crippen LogP contribution in [0.5, 0.6) is 0 Å². The lowest BCUT2D eigenvalue weighted by molar-refractivity contribution is -0.132. The van der Waals surface area contributed by atoms with Crippen LogP contribution in [0.3, 0.4) is 0 Å². The Morgan fingerprint density at radius 3 is 2.41 bits per heavy atom. The molecule has 2 rings (SSSR count). The molecule has 1 atom stereocenters. The average Bonchev–Trinajstić information content (AvgIpc) is 2.57. The van der Waals surface area contributed by atoms with Crippen LogP contribution in [0.2, 0.25) is 0 Å². The monoisotopic (exact) mass is 230 g/mol. The lowest BCUT2D eigenvalue weighted by Crippen LogP contribution is -2.26. The summed E-state index contributed by atoms with van der Waals surface area (Å²) in [6.07, 6.45) is 0.832. The van der Waals surface area contributed by atoms with Crippen molar-refractivity contribution in [2.24, 2.45) is 11.0 Å². The van der Waals surface area contributed by atoms with Crippen molar-refractivity contribution in [3.8, 4) is 0 Å². The largest absolute Gasteiger partial charge is 0.272 e. The number of carbonyl (C=O) groups is 1. The van der Waals surface area contributed by atoms with Gasteiger partial charge < -0.3 is 0 Å². The van der Waals surface area contributed by atoms with Crippen LogP contribution in [0.25, 0.3) is 0 Å². The van der Waals surface area contributed by atoms with Gasteiger partial charge in [0.05, 0.1) is 12.5 Å². The maximum Gasteiger partial charge on any atom is 0.251 e. The van der Waals surface area contributed by atoms with E-state index in [0.29, 0.717) is 6.54 Å². The first-order valence-corrected chi connectivity index (χ1v) is 6.04. The second kappa shape index (κ2) is 4.70. The number of hydrogen-bond donors (Lipinski definition) is 0. The van der Waals surface area contributed by atoms with Gasteiger partial charge in [0.1, 0.15) is 0 Å². The number of benzene rings is 1. The number of rotatable bonds is 3. The second-order valence-corrected chi connectivity index (χ2v) is 4.58. The zero-order valence-electron chi connectivity index (χ0n) is 10.6. The Hall–Kier alpha value is -1.64. The van der Waals surface area contributed by atoms with E-state index >= 15 is 0 Å². The third kappa shape index (κ3) is 2.38. The third-order valence-electron chi connectivity index (χ3n) is 3.20. The van der Waals surface area contributed by atoms with Crippen LogP contribution in [0, 0.1) is 12.8 Å². The van der Waals surface area contributed by atoms with Crippen molar-refractivity contribution in [2.75, 3.05) is 0 Å². The van der Waals surface area contributed by atoms with Gasteiger partial charge in [0, 0.05) is 5.71 Å². The number of hydrogen-bond acceptors (Lipinski definition) is 2. The molecule has 3 heteroatoms. The lowest BCUT2D eigenvalue weighted by Gasteiger charge is -2.13. The molecule has 0 spiro atoms. The van der Waals surface area contributed by atoms with E-state index in [4.69, 9.17) is 0 Å². The zero-order chi connectivity index (χ0) is 12.4. The highest BCUT2D eigenvalue weighted by molar-refractivity contribution is 6.06. The SMILES string of the molecule is CCC1C(=O)N(Cc2ccc(C)cc2)N=C1C. The van der Waals surface area contributed by atoms with Gasteiger partial charge in [-0.25, -0.2) is 5.01 Å². The minimum atomic E-state index is -0.0135. The van der Waals surface area contributed by atoms with E-state index in [-0.39, 0.29) is 11.8 Å². The topological polar surface area (TPSA) is 32.7 Å². The Labute approximate surface area is 102 Å². The summed E-state index contributed by atoms with van der Waals surface area (Å²) in [5, 5.41) is 5.93. The van der Waals surface area contributed by atoms with Crippen molar-refractivity contribution >= 4 is 11.6 Å². The molecule has 0 aromatic heterocycles. The van der Waals surface area contributed by atoms with Gasteiger partial charge in [0.15, 0.2) is 0 Å². The molecule has 1 aliphatic heterocycles. The Morgan fingerprint density at radius 1 is 1.24 bits per heavy atom. The van der Waals surface area contributed by atoms with Gasteiger partial charge in [-0.3, -0.25) is 4.79 Å². The van der Waals surface area contributed by atoms with Crippen molar-refractivity contribution in [3.63, 3.8) is 0 Å². The van der Waals surface area contributed by atoms with Gasteiger partial charge >= 0.3 is 0 Å². The van der Waals surface area contributed by atoms with Crippen molar-refractivity contribution in [1.82, 2.24) is 5.01 Å². The molecule has 0 fully saturated rings. The summed E-state index contributed by atoms with van der Waals surface area (Å²) >= 11 is 0. The molecule has 0 saturated carbocycles. The number of nitrogens with zero attached hydrogens (tertiary/aromatic N) is 2. The van der Waals surface area contributed by atoms with Crippen LogP contribution in [-0.4, -0.2) is 16.6 Å². The molecule has 1 amide bonds. The maximum absolute atomic E-state index is 12.0. The van der Waals surface area contributed by atoms with Gasteiger partial charge in [0.2, 0.25) is 0 Å². The van der Waals surface area contributed by atoms with Crippen LogP contribution in [0.1, 0.15) is 31.4 Å². The molecule has 0 bridgehead atoms. The minimum absolute atomic E-state index is 0.0135. The van der Waals surface area contributed by atoms with E-state index in [1.807, 2.05) is 26.0 Å². The molecule has 1 aliphatic rings. The quantitative estimate of drug-likeness (QED) is 0.785. The van der Waals surface area contributed by atoms with E-state index in [0.717, 1.165) is 17.7 Å². The van der Waals surface area contributed by atoms with Crippen LogP contribution in [0.4, 0.5) is 0 Å². The highest BCUT2D eigenvalue weighted by atomic mass is 16.2. The van der Waals surface area contributed by atoms with Gasteiger partial charge in [-0.15, -0.1) is 0 Å². The summed E-state index contributed by atoms with van der Waals surface area (Å²) in [5.41, 5.74) is 3.29. The molecule has 90 valence electrons. The summed E-state index contributed by atoms with van der Waals surface area (Å²) < 4.78 is 0. The van der Waals surface area contributed by atoms with E-state index in [1.165, 1.54) is 5.56 Å². The first kappa shape index (κ1) is 11.8. The normalized spacial score (nSPS) is 19.7.